The van der Waals surface area contributed by atoms with E-state index in [4.69, 9.17) is 0 Å². The fraction of sp³-hybridized carbons (Fsp3) is 0.355. The summed E-state index contributed by atoms with van der Waals surface area (Å²) >= 11 is 0. The smallest absolute Gasteiger partial charge is 0.304 e. The molecule has 1 saturated heterocycles. The number of aryl methyl sites for hydroxylation is 3. The van der Waals surface area contributed by atoms with Gasteiger partial charge >= 0.3 is 5.97 Å². The number of aromatic nitrogens is 3. The predicted octanol–water partition coefficient (Wildman–Crippen LogP) is 5.72. The highest BCUT2D eigenvalue weighted by Gasteiger charge is 2.43. The summed E-state index contributed by atoms with van der Waals surface area (Å²) in [7, 11) is 0. The largest absolute Gasteiger partial charge is 0.481 e. The second-order valence-corrected chi connectivity index (χ2v) is 10.8. The Hall–Kier alpha value is -4.07. The monoisotopic (exact) mass is 526 g/mol. The molecule has 1 unspecified atom stereocenters. The molecule has 3 aromatic carbocycles. The normalized spacial score (nSPS) is 18.8. The number of carbonyl (C=O) groups is 2. The molecule has 1 amide bonds. The number of nitrogens with zero attached hydrogens (tertiary/aromatic N) is 4. The highest BCUT2D eigenvalue weighted by atomic mass is 19.1. The van der Waals surface area contributed by atoms with Crippen LogP contribution in [0, 0.1) is 19.7 Å². The Bertz CT molecular complexity index is 1630. The van der Waals surface area contributed by atoms with E-state index in [9.17, 15) is 19.1 Å². The third kappa shape index (κ3) is 4.18. The number of carboxylic acid groups (broad SMARTS) is 1. The second kappa shape index (κ2) is 9.59. The van der Waals surface area contributed by atoms with Crippen LogP contribution in [0.1, 0.15) is 81.9 Å². The summed E-state index contributed by atoms with van der Waals surface area (Å²) in [5.41, 5.74) is 7.58. The molecule has 8 heteroatoms. The van der Waals surface area contributed by atoms with Gasteiger partial charge in [0.15, 0.2) is 0 Å². The van der Waals surface area contributed by atoms with E-state index in [0.29, 0.717) is 13.0 Å². The molecule has 4 aromatic rings. The van der Waals surface area contributed by atoms with E-state index < -0.39 is 11.8 Å². The van der Waals surface area contributed by atoms with Gasteiger partial charge < -0.3 is 10.0 Å². The van der Waals surface area contributed by atoms with E-state index in [1.165, 1.54) is 11.6 Å². The van der Waals surface area contributed by atoms with Crippen LogP contribution < -0.4 is 0 Å². The Morgan fingerprint density at radius 1 is 1.10 bits per heavy atom. The van der Waals surface area contributed by atoms with Gasteiger partial charge in [-0.25, -0.2) is 9.07 Å². The van der Waals surface area contributed by atoms with Crippen molar-refractivity contribution in [3.63, 3.8) is 0 Å². The fourth-order valence-corrected chi connectivity index (χ4v) is 6.59. The predicted molar refractivity (Wildman–Crippen MR) is 145 cm³/mol. The van der Waals surface area contributed by atoms with Gasteiger partial charge in [0.25, 0.3) is 5.91 Å². The van der Waals surface area contributed by atoms with Gasteiger partial charge in [-0.15, -0.1) is 5.10 Å². The van der Waals surface area contributed by atoms with Crippen LogP contribution in [0.4, 0.5) is 4.39 Å². The Morgan fingerprint density at radius 3 is 2.69 bits per heavy atom. The minimum Gasteiger partial charge on any atom is -0.481 e. The lowest BCUT2D eigenvalue weighted by Gasteiger charge is -2.37. The number of fused-ring (bicyclic) bond motifs is 5. The summed E-state index contributed by atoms with van der Waals surface area (Å²) in [6.07, 6.45) is 2.29. The average Bonchev–Trinajstić information content (AvgIpc) is 3.49. The number of benzene rings is 3. The Morgan fingerprint density at radius 2 is 1.92 bits per heavy atom. The van der Waals surface area contributed by atoms with Gasteiger partial charge in [0.2, 0.25) is 0 Å². The first-order valence-electron chi connectivity index (χ1n) is 13.5. The van der Waals surface area contributed by atoms with Crippen molar-refractivity contribution in [1.29, 1.82) is 0 Å². The molecule has 7 nitrogen and oxygen atoms in total. The molecule has 1 aromatic heterocycles. The number of amides is 1. The molecular weight excluding hydrogens is 495 g/mol. The van der Waals surface area contributed by atoms with E-state index in [1.54, 1.807) is 12.1 Å². The van der Waals surface area contributed by atoms with Gasteiger partial charge in [-0.05, 0) is 86.1 Å². The van der Waals surface area contributed by atoms with Crippen LogP contribution >= 0.6 is 0 Å². The Kier molecular flexibility index (Phi) is 6.20. The van der Waals surface area contributed by atoms with Crippen LogP contribution in [0.3, 0.4) is 0 Å². The van der Waals surface area contributed by atoms with Gasteiger partial charge in [-0.3, -0.25) is 9.59 Å². The number of hydrogen-bond donors (Lipinski definition) is 1. The van der Waals surface area contributed by atoms with Crippen molar-refractivity contribution in [3.8, 4) is 0 Å². The zero-order valence-corrected chi connectivity index (χ0v) is 22.3. The molecule has 3 atom stereocenters. The molecule has 2 aliphatic rings. The van der Waals surface area contributed by atoms with E-state index in [0.717, 1.165) is 51.7 Å². The molecule has 0 spiro atoms. The minimum atomic E-state index is -0.887. The van der Waals surface area contributed by atoms with Gasteiger partial charge in [-0.1, -0.05) is 41.1 Å². The molecule has 200 valence electrons. The zero-order chi connectivity index (χ0) is 27.4. The fourth-order valence-electron chi connectivity index (χ4n) is 6.59. The molecular formula is C31H31FN4O3. The molecule has 1 fully saturated rings. The summed E-state index contributed by atoms with van der Waals surface area (Å²) in [5, 5.41) is 18.5. The number of hydrogen-bond acceptors (Lipinski definition) is 4. The van der Waals surface area contributed by atoms with Gasteiger partial charge in [0.05, 0.1) is 23.5 Å². The van der Waals surface area contributed by atoms with Crippen LogP contribution in [0.15, 0.2) is 48.5 Å². The quantitative estimate of drug-likeness (QED) is 0.347. The van der Waals surface area contributed by atoms with Crippen molar-refractivity contribution in [1.82, 2.24) is 19.9 Å². The number of halogens is 1. The van der Waals surface area contributed by atoms with Crippen molar-refractivity contribution in [2.24, 2.45) is 0 Å². The van der Waals surface area contributed by atoms with Crippen LogP contribution in [0.5, 0.6) is 0 Å². The first-order chi connectivity index (χ1) is 18.8. The van der Waals surface area contributed by atoms with Crippen LogP contribution in [0.2, 0.25) is 0 Å². The number of carboxylic acids is 1. The topological polar surface area (TPSA) is 88.3 Å². The van der Waals surface area contributed by atoms with Crippen LogP contribution in [-0.2, 0) is 17.8 Å². The van der Waals surface area contributed by atoms with E-state index in [1.807, 2.05) is 48.6 Å². The first-order valence-corrected chi connectivity index (χ1v) is 13.5. The Balaban J connectivity index is 1.41. The summed E-state index contributed by atoms with van der Waals surface area (Å²) in [6, 6.07) is 14.7. The van der Waals surface area contributed by atoms with Crippen molar-refractivity contribution >= 4 is 22.9 Å². The molecule has 2 bridgehead atoms. The molecule has 0 radical (unpaired) electrons. The van der Waals surface area contributed by atoms with Gasteiger partial charge in [-0.2, -0.15) is 0 Å². The van der Waals surface area contributed by atoms with Crippen molar-refractivity contribution in [2.75, 3.05) is 0 Å². The lowest BCUT2D eigenvalue weighted by atomic mass is 9.82. The molecule has 1 N–H and O–H groups in total. The van der Waals surface area contributed by atoms with E-state index in [2.05, 4.69) is 22.4 Å². The number of aliphatic carboxylic acids is 1. The highest BCUT2D eigenvalue weighted by molar-refractivity contribution is 5.95. The zero-order valence-electron chi connectivity index (χ0n) is 22.3. The number of rotatable bonds is 6. The molecule has 0 saturated carbocycles. The SMILES string of the molecule is CCn1nnc2c(C)c([C@@H](CC(=O)O)c3ccc4c(c3)C3CC[C@H](C4)N3C(=O)c3cc(C)ccc3F)ccc21. The molecule has 3 heterocycles. The summed E-state index contributed by atoms with van der Waals surface area (Å²) < 4.78 is 16.5. The van der Waals surface area contributed by atoms with Crippen LogP contribution in [-0.4, -0.2) is 42.9 Å². The van der Waals surface area contributed by atoms with E-state index >= 15 is 0 Å². The van der Waals surface area contributed by atoms with Crippen molar-refractivity contribution in [2.45, 2.75) is 71.0 Å². The average molecular weight is 527 g/mol. The standard InChI is InChI=1S/C31H31FN4O3/c1-4-35-28-12-9-22(18(3)30(28)33-34-35)23(16-29(37)38)20-7-6-19-14-21-8-11-27(24(19)15-20)36(21)31(39)25-13-17(2)5-10-26(25)32/h5-7,9-10,12-13,15,21,23,27H,4,8,11,14,16H2,1-3H3,(H,37,38)/t21-,23+,27?/m1/s1. The lowest BCUT2D eigenvalue weighted by molar-refractivity contribution is -0.137. The second-order valence-electron chi connectivity index (χ2n) is 10.8. The maximum atomic E-state index is 14.7. The van der Waals surface area contributed by atoms with Crippen molar-refractivity contribution < 1.29 is 19.1 Å². The van der Waals surface area contributed by atoms with Crippen molar-refractivity contribution in [3.05, 3.63) is 93.3 Å². The Labute approximate surface area is 226 Å². The first kappa shape index (κ1) is 25.2. The molecule has 39 heavy (non-hydrogen) atoms. The molecule has 6 rings (SSSR count). The summed E-state index contributed by atoms with van der Waals surface area (Å²) in [4.78, 5) is 27.5. The highest BCUT2D eigenvalue weighted by Crippen LogP contribution is 2.46. The van der Waals surface area contributed by atoms with Crippen LogP contribution in [0.25, 0.3) is 11.0 Å². The number of carbonyl (C=O) groups excluding carboxylic acids is 1. The maximum absolute atomic E-state index is 14.7. The molecule has 0 aliphatic carbocycles. The molecule has 2 aliphatic heterocycles. The summed E-state index contributed by atoms with van der Waals surface area (Å²) in [5.74, 6) is -2.05. The third-order valence-corrected chi connectivity index (χ3v) is 8.51. The van der Waals surface area contributed by atoms with Gasteiger partial charge in [0, 0.05) is 18.5 Å². The minimum absolute atomic E-state index is 0.0291. The van der Waals surface area contributed by atoms with Gasteiger partial charge in [0.1, 0.15) is 11.3 Å². The third-order valence-electron chi connectivity index (χ3n) is 8.51. The van der Waals surface area contributed by atoms with E-state index in [-0.39, 0.29) is 35.9 Å². The maximum Gasteiger partial charge on any atom is 0.304 e. The lowest BCUT2D eigenvalue weighted by Crippen LogP contribution is -2.42. The summed E-state index contributed by atoms with van der Waals surface area (Å²) in [6.45, 7) is 6.53.